The molecule has 2 saturated carbocycles. The molecule has 2 aliphatic carbocycles. The number of nitrogens with zero attached hydrogens (tertiary/aromatic N) is 5. The average Bonchev–Trinajstić information content (AvgIpc) is 4.07. The maximum atomic E-state index is 14.1. The number of carboxylic acids is 1. The van der Waals surface area contributed by atoms with E-state index in [1.165, 1.54) is 25.1 Å². The lowest BCUT2D eigenvalue weighted by atomic mass is 9.77. The molecule has 0 radical (unpaired) electrons. The van der Waals surface area contributed by atoms with Crippen molar-refractivity contribution in [1.29, 1.82) is 0 Å². The normalized spacial score (nSPS) is 30.7. The SMILES string of the molecule is CC1CC(C(=O)NCCCc2cn(CCCCn3ccc4cc([N+](=O)[O-])ccc43)nn2)C[C@@H](OC2OC(CO)[C@H](O)C(O[C@@H](CC3CCCCC3)C(=O)O)C2OC(=O)c2ccccc2)C1O[C@@H]1OC(C)[C@@H](O)C(O)C1O. The molecule has 4 aromatic rings. The Morgan fingerprint density at radius 1 is 0.868 bits per heavy atom. The summed E-state index contributed by atoms with van der Waals surface area (Å²) in [6, 6.07) is 14.7. The molecule has 15 atom stereocenters. The largest absolute Gasteiger partial charge is 0.479 e. The minimum Gasteiger partial charge on any atom is -0.479 e. The molecule has 7 N–H and O–H groups in total. The first-order valence-electron chi connectivity index (χ1n) is 26.6. The summed E-state index contributed by atoms with van der Waals surface area (Å²) in [6.07, 6.45) is -7.37. The van der Waals surface area contributed by atoms with Crippen LogP contribution in [-0.2, 0) is 57.5 Å². The van der Waals surface area contributed by atoms with Crippen molar-refractivity contribution in [2.75, 3.05) is 13.2 Å². The fraction of sp³-hybridized carbons (Fsp3) is 0.642. The first-order valence-corrected chi connectivity index (χ1v) is 26.6. The molecule has 8 rings (SSSR count). The quantitative estimate of drug-likeness (QED) is 0.0242. The molecule has 2 aromatic heterocycles. The number of aliphatic hydroxyl groups is 5. The Labute approximate surface area is 439 Å². The summed E-state index contributed by atoms with van der Waals surface area (Å²) in [5.74, 6) is -3.64. The number of carbonyl (C=O) groups excluding carboxylic acids is 2. The summed E-state index contributed by atoms with van der Waals surface area (Å²) in [5, 5.41) is 88.6. The Kier molecular flexibility index (Phi) is 19.6. The van der Waals surface area contributed by atoms with Gasteiger partial charge in [-0.05, 0) is 88.0 Å². The zero-order valence-electron chi connectivity index (χ0n) is 42.8. The fourth-order valence-corrected chi connectivity index (χ4v) is 11.0. The number of nitrogens with one attached hydrogen (secondary N) is 1. The van der Waals surface area contributed by atoms with Crippen molar-refractivity contribution in [2.45, 2.75) is 184 Å². The van der Waals surface area contributed by atoms with Crippen LogP contribution in [0.3, 0.4) is 0 Å². The molecule has 4 aliphatic rings. The predicted molar refractivity (Wildman–Crippen MR) is 268 cm³/mol. The molecule has 23 nitrogen and oxygen atoms in total. The summed E-state index contributed by atoms with van der Waals surface area (Å²) >= 11 is 0. The van der Waals surface area contributed by atoms with Gasteiger partial charge in [0.1, 0.15) is 36.6 Å². The van der Waals surface area contributed by atoms with Crippen LogP contribution in [0.25, 0.3) is 10.9 Å². The second kappa shape index (κ2) is 26.3. The number of carbonyl (C=O) groups is 3. The van der Waals surface area contributed by atoms with Crippen molar-refractivity contribution in [3.05, 3.63) is 88.4 Å². The second-order valence-corrected chi connectivity index (χ2v) is 20.8. The van der Waals surface area contributed by atoms with Gasteiger partial charge in [-0.15, -0.1) is 5.10 Å². The molecule has 0 bridgehead atoms. The number of esters is 1. The first kappa shape index (κ1) is 56.7. The zero-order valence-corrected chi connectivity index (χ0v) is 42.8. The van der Waals surface area contributed by atoms with E-state index in [1.807, 2.05) is 18.5 Å². The molecule has 4 fully saturated rings. The number of ether oxygens (including phenoxy) is 6. The number of hydrogen-bond donors (Lipinski definition) is 7. The van der Waals surface area contributed by atoms with Crippen molar-refractivity contribution in [3.8, 4) is 0 Å². The minimum absolute atomic E-state index is 0.0295. The van der Waals surface area contributed by atoms with Crippen molar-refractivity contribution in [3.63, 3.8) is 0 Å². The van der Waals surface area contributed by atoms with E-state index in [0.717, 1.165) is 68.1 Å². The van der Waals surface area contributed by atoms with Crippen LogP contribution in [0, 0.1) is 27.9 Å². The van der Waals surface area contributed by atoms with Crippen molar-refractivity contribution < 1.29 is 78.4 Å². The number of rotatable bonds is 23. The molecular formula is C53H72N6O17. The van der Waals surface area contributed by atoms with Crippen LogP contribution < -0.4 is 5.32 Å². The van der Waals surface area contributed by atoms with Gasteiger partial charge in [-0.1, -0.05) is 62.4 Å². The van der Waals surface area contributed by atoms with E-state index in [9.17, 15) is 55.1 Å². The number of hydrogen-bond acceptors (Lipinski definition) is 18. The number of unbranched alkanes of at least 4 members (excludes halogenated alkanes) is 1. The first-order chi connectivity index (χ1) is 36.6. The molecule has 23 heteroatoms. The number of nitro benzene ring substituents is 1. The fourth-order valence-electron chi connectivity index (χ4n) is 11.0. The van der Waals surface area contributed by atoms with Crippen LogP contribution in [0.1, 0.15) is 101 Å². The number of fused-ring (bicyclic) bond motifs is 1. The maximum Gasteiger partial charge on any atom is 0.338 e. The summed E-state index contributed by atoms with van der Waals surface area (Å²) in [7, 11) is 0. The van der Waals surface area contributed by atoms with Gasteiger partial charge in [-0.25, -0.2) is 9.59 Å². The summed E-state index contributed by atoms with van der Waals surface area (Å²) in [4.78, 5) is 51.6. The molecule has 10 unspecified atom stereocenters. The van der Waals surface area contributed by atoms with Crippen molar-refractivity contribution >= 4 is 34.4 Å². The standard InChI is InChI=1S/C53H72N6O17/c1-30-24-35(49(65)54-20-11-16-36-28-58(56-55-36)22-10-9-21-57-23-19-34-26-37(59(69)70)17-18-38(34)57)27-39(46(30)76-52-45(64)44(63)42(61)31(2)71-52)73-53-48(75-51(68)33-14-7-4-8-15-33)47(43(62)41(29-60)74-53)72-40(50(66)67)25-32-12-5-3-6-13-32/h4,7-8,14-15,17-19,23,26,28,30-32,35,39-48,52-53,60-64H,3,5-6,9-13,16,20-22,24-25,27,29H2,1-2H3,(H,54,65)(H,66,67)/t30?,31?,35?,39-,40+,41?,42-,43+,44?,45?,46?,47?,48?,52+,53?/m1/s1. The highest BCUT2D eigenvalue weighted by Gasteiger charge is 2.54. The van der Waals surface area contributed by atoms with Crippen molar-refractivity contribution in [2.24, 2.45) is 17.8 Å². The summed E-state index contributed by atoms with van der Waals surface area (Å²) < 4.78 is 41.3. The van der Waals surface area contributed by atoms with Crippen LogP contribution in [0.4, 0.5) is 5.69 Å². The van der Waals surface area contributed by atoms with E-state index < -0.39 is 115 Å². The number of carboxylic acid groups (broad SMARTS) is 1. The summed E-state index contributed by atoms with van der Waals surface area (Å²) in [5.41, 5.74) is 1.85. The van der Waals surface area contributed by atoms with Gasteiger partial charge in [0.15, 0.2) is 24.8 Å². The molecule has 2 aromatic carbocycles. The molecule has 2 saturated heterocycles. The lowest BCUT2D eigenvalue weighted by molar-refractivity contribution is -0.384. The molecule has 1 amide bonds. The number of aromatic nitrogens is 4. The topological polar surface area (TPSA) is 319 Å². The van der Waals surface area contributed by atoms with E-state index in [1.54, 1.807) is 41.9 Å². The molecule has 0 spiro atoms. The smallest absolute Gasteiger partial charge is 0.338 e. The van der Waals surface area contributed by atoms with Gasteiger partial charge in [-0.2, -0.15) is 0 Å². The third-order valence-electron chi connectivity index (χ3n) is 15.3. The van der Waals surface area contributed by atoms with E-state index in [4.69, 9.17) is 28.4 Å². The van der Waals surface area contributed by atoms with Gasteiger partial charge < -0.3 is 68.9 Å². The van der Waals surface area contributed by atoms with E-state index >= 15 is 0 Å². The number of aliphatic hydroxyl groups excluding tert-OH is 5. The lowest BCUT2D eigenvalue weighted by Gasteiger charge is -2.48. The second-order valence-electron chi connectivity index (χ2n) is 20.8. The molecule has 76 heavy (non-hydrogen) atoms. The number of aryl methyl sites for hydroxylation is 3. The molecular weight excluding hydrogens is 993 g/mol. The average molecular weight is 1070 g/mol. The third kappa shape index (κ3) is 14.0. The van der Waals surface area contributed by atoms with Crippen LogP contribution in [0.15, 0.2) is 67.0 Å². The lowest BCUT2D eigenvalue weighted by Crippen LogP contribution is -2.64. The molecule has 2 aliphatic heterocycles. The van der Waals surface area contributed by atoms with Gasteiger partial charge in [0.25, 0.3) is 5.69 Å². The van der Waals surface area contributed by atoms with E-state index in [2.05, 4.69) is 20.2 Å². The number of amides is 1. The highest BCUT2D eigenvalue weighted by molar-refractivity contribution is 5.89. The van der Waals surface area contributed by atoms with Gasteiger partial charge in [0, 0.05) is 61.0 Å². The highest BCUT2D eigenvalue weighted by Crippen LogP contribution is 2.39. The Morgan fingerprint density at radius 3 is 2.37 bits per heavy atom. The van der Waals surface area contributed by atoms with Crippen LogP contribution in [-0.4, -0.2) is 166 Å². The van der Waals surface area contributed by atoms with Crippen LogP contribution in [0.5, 0.6) is 0 Å². The number of benzene rings is 2. The molecule has 416 valence electrons. The maximum absolute atomic E-state index is 14.1. The third-order valence-corrected chi connectivity index (χ3v) is 15.3. The van der Waals surface area contributed by atoms with Gasteiger partial charge in [0.2, 0.25) is 5.91 Å². The number of nitro groups is 1. The van der Waals surface area contributed by atoms with E-state index in [0.29, 0.717) is 25.9 Å². The molecule has 4 heterocycles. The summed E-state index contributed by atoms with van der Waals surface area (Å²) in [6.45, 7) is 4.20. The predicted octanol–water partition coefficient (Wildman–Crippen LogP) is 3.43. The van der Waals surface area contributed by atoms with Crippen molar-refractivity contribution in [1.82, 2.24) is 24.9 Å². The Bertz CT molecular complexity index is 2540. The monoisotopic (exact) mass is 1060 g/mol. The van der Waals surface area contributed by atoms with Crippen LogP contribution in [0.2, 0.25) is 0 Å². The van der Waals surface area contributed by atoms with Gasteiger partial charge in [-0.3, -0.25) is 19.6 Å². The van der Waals surface area contributed by atoms with Gasteiger partial charge in [0.05, 0.1) is 41.1 Å². The van der Waals surface area contributed by atoms with Crippen LogP contribution >= 0.6 is 0 Å². The highest BCUT2D eigenvalue weighted by atomic mass is 16.7. The van der Waals surface area contributed by atoms with Gasteiger partial charge >= 0.3 is 11.9 Å². The number of aliphatic carboxylic acids is 1. The zero-order chi connectivity index (χ0) is 54.0. The number of non-ortho nitro benzene ring substituents is 1. The minimum atomic E-state index is -1.70. The Balaban J connectivity index is 0.942. The van der Waals surface area contributed by atoms with E-state index in [-0.39, 0.29) is 42.3 Å². The Hall–Kier alpha value is -5.47. The Morgan fingerprint density at radius 2 is 1.63 bits per heavy atom.